The molecule has 0 radical (unpaired) electrons. The van der Waals surface area contributed by atoms with Gasteiger partial charge in [-0.15, -0.1) is 0 Å². The van der Waals surface area contributed by atoms with Crippen LogP contribution < -0.4 is 11.3 Å². The molecule has 2 atom stereocenters. The largest absolute Gasteiger partial charge is 0.324 e. The SMILES string of the molecule is Cc1cc(=O)n2[nH]c(C3C=CC(N)C3)nc2n1. The van der Waals surface area contributed by atoms with Gasteiger partial charge in [-0.3, -0.25) is 9.89 Å². The molecule has 3 rings (SSSR count). The van der Waals surface area contributed by atoms with Crippen molar-refractivity contribution in [1.29, 1.82) is 0 Å². The third kappa shape index (κ3) is 1.66. The topological polar surface area (TPSA) is 89.1 Å². The van der Waals surface area contributed by atoms with Gasteiger partial charge in [-0.1, -0.05) is 12.2 Å². The quantitative estimate of drug-likeness (QED) is 0.681. The number of hydrogen-bond acceptors (Lipinski definition) is 4. The zero-order chi connectivity index (χ0) is 12.0. The molecule has 6 nitrogen and oxygen atoms in total. The summed E-state index contributed by atoms with van der Waals surface area (Å²) in [5, 5.41) is 2.98. The van der Waals surface area contributed by atoms with Gasteiger partial charge in [0.15, 0.2) is 0 Å². The number of H-pyrrole nitrogens is 1. The Kier molecular flexibility index (Phi) is 2.12. The van der Waals surface area contributed by atoms with Crippen LogP contribution >= 0.6 is 0 Å². The monoisotopic (exact) mass is 231 g/mol. The molecule has 0 spiro atoms. The first kappa shape index (κ1) is 10.2. The molecule has 1 aliphatic carbocycles. The van der Waals surface area contributed by atoms with Gasteiger partial charge in [0.05, 0.1) is 0 Å². The van der Waals surface area contributed by atoms with Crippen molar-refractivity contribution in [3.05, 3.63) is 40.1 Å². The fourth-order valence-electron chi connectivity index (χ4n) is 2.10. The number of aromatic nitrogens is 4. The summed E-state index contributed by atoms with van der Waals surface area (Å²) in [5.41, 5.74) is 6.33. The third-order valence-corrected chi connectivity index (χ3v) is 2.94. The molecular formula is C11H13N5O. The van der Waals surface area contributed by atoms with E-state index in [1.807, 2.05) is 12.2 Å². The van der Waals surface area contributed by atoms with Crippen molar-refractivity contribution in [2.75, 3.05) is 0 Å². The predicted octanol–water partition coefficient (Wildman–Crippen LogP) is 0.0968. The lowest BCUT2D eigenvalue weighted by Crippen LogP contribution is -2.16. The Hall–Kier alpha value is -1.95. The average molecular weight is 231 g/mol. The highest BCUT2D eigenvalue weighted by atomic mass is 16.1. The van der Waals surface area contributed by atoms with Gasteiger partial charge in [0.2, 0.25) is 0 Å². The van der Waals surface area contributed by atoms with Crippen LogP contribution in [-0.4, -0.2) is 25.6 Å². The van der Waals surface area contributed by atoms with Gasteiger partial charge in [0.25, 0.3) is 11.3 Å². The molecule has 2 unspecified atom stereocenters. The normalized spacial score (nSPS) is 23.6. The van der Waals surface area contributed by atoms with E-state index in [9.17, 15) is 4.79 Å². The van der Waals surface area contributed by atoms with Crippen LogP contribution in [0, 0.1) is 6.92 Å². The van der Waals surface area contributed by atoms with E-state index in [4.69, 9.17) is 5.73 Å². The first-order valence-electron chi connectivity index (χ1n) is 5.54. The lowest BCUT2D eigenvalue weighted by molar-refractivity contribution is 0.673. The number of hydrogen-bond donors (Lipinski definition) is 2. The van der Waals surface area contributed by atoms with Crippen LogP contribution in [0.4, 0.5) is 0 Å². The van der Waals surface area contributed by atoms with Crippen molar-refractivity contribution in [2.45, 2.75) is 25.3 Å². The van der Waals surface area contributed by atoms with E-state index in [2.05, 4.69) is 15.1 Å². The molecule has 0 aromatic carbocycles. The van der Waals surface area contributed by atoms with Crippen molar-refractivity contribution in [2.24, 2.45) is 5.73 Å². The van der Waals surface area contributed by atoms with Crippen LogP contribution in [-0.2, 0) is 0 Å². The number of aromatic amines is 1. The maximum atomic E-state index is 11.7. The van der Waals surface area contributed by atoms with Crippen molar-refractivity contribution in [1.82, 2.24) is 19.6 Å². The number of rotatable bonds is 1. The number of nitrogens with zero attached hydrogens (tertiary/aromatic N) is 3. The molecule has 1 aliphatic rings. The van der Waals surface area contributed by atoms with E-state index >= 15 is 0 Å². The highest BCUT2D eigenvalue weighted by Gasteiger charge is 2.21. The summed E-state index contributed by atoms with van der Waals surface area (Å²) in [4.78, 5) is 20.3. The molecule has 2 aromatic rings. The van der Waals surface area contributed by atoms with E-state index in [1.165, 1.54) is 10.6 Å². The zero-order valence-electron chi connectivity index (χ0n) is 9.42. The minimum absolute atomic E-state index is 0.0691. The molecule has 0 aliphatic heterocycles. The highest BCUT2D eigenvalue weighted by Crippen LogP contribution is 2.25. The summed E-state index contributed by atoms with van der Waals surface area (Å²) in [7, 11) is 0. The van der Waals surface area contributed by atoms with Crippen molar-refractivity contribution in [3.63, 3.8) is 0 Å². The first-order valence-corrected chi connectivity index (χ1v) is 5.54. The maximum absolute atomic E-state index is 11.7. The molecular weight excluding hydrogens is 218 g/mol. The van der Waals surface area contributed by atoms with E-state index < -0.39 is 0 Å². The van der Waals surface area contributed by atoms with E-state index in [0.717, 1.165) is 12.2 Å². The Morgan fingerprint density at radius 2 is 2.29 bits per heavy atom. The summed E-state index contributed by atoms with van der Waals surface area (Å²) in [6.45, 7) is 1.78. The van der Waals surface area contributed by atoms with Crippen molar-refractivity contribution in [3.8, 4) is 0 Å². The lowest BCUT2D eigenvalue weighted by Gasteiger charge is -2.03. The summed E-state index contributed by atoms with van der Waals surface area (Å²) in [5.74, 6) is 1.30. The second-order valence-electron chi connectivity index (χ2n) is 4.37. The summed E-state index contributed by atoms with van der Waals surface area (Å²) in [6, 6.07) is 1.55. The van der Waals surface area contributed by atoms with Gasteiger partial charge in [0, 0.05) is 23.7 Å². The van der Waals surface area contributed by atoms with E-state index in [1.54, 1.807) is 6.92 Å². The second-order valence-corrected chi connectivity index (χ2v) is 4.37. The van der Waals surface area contributed by atoms with Crippen LogP contribution in [0.2, 0.25) is 0 Å². The zero-order valence-corrected chi connectivity index (χ0v) is 9.42. The Morgan fingerprint density at radius 3 is 3.00 bits per heavy atom. The van der Waals surface area contributed by atoms with Crippen LogP contribution in [0.15, 0.2) is 23.0 Å². The molecule has 0 bridgehead atoms. The Balaban J connectivity index is 2.11. The number of allylic oxidation sites excluding steroid dienone is 1. The van der Waals surface area contributed by atoms with Crippen LogP contribution in [0.1, 0.15) is 23.9 Å². The first-order chi connectivity index (χ1) is 8.13. The fraction of sp³-hybridized carbons (Fsp3) is 0.364. The molecule has 0 saturated heterocycles. The van der Waals surface area contributed by atoms with E-state index in [-0.39, 0.29) is 17.5 Å². The molecule has 2 heterocycles. The lowest BCUT2D eigenvalue weighted by atomic mass is 10.1. The van der Waals surface area contributed by atoms with Crippen LogP contribution in [0.5, 0.6) is 0 Å². The van der Waals surface area contributed by atoms with Gasteiger partial charge < -0.3 is 5.73 Å². The Bertz CT molecular complexity index is 653. The van der Waals surface area contributed by atoms with Gasteiger partial charge in [0.1, 0.15) is 5.82 Å². The minimum atomic E-state index is -0.141. The Labute approximate surface area is 97.2 Å². The standard InChI is InChI=1S/C11H13N5O/c1-6-4-9(17)16-11(13-6)14-10(15-16)7-2-3-8(12)5-7/h2-4,7-8H,5,12H2,1H3,(H,13,14,15). The highest BCUT2D eigenvalue weighted by molar-refractivity contribution is 5.30. The molecule has 0 fully saturated rings. The summed E-state index contributed by atoms with van der Waals surface area (Å²) in [6.07, 6.45) is 4.78. The molecule has 17 heavy (non-hydrogen) atoms. The molecule has 0 amide bonds. The van der Waals surface area contributed by atoms with Gasteiger partial charge in [-0.2, -0.15) is 9.50 Å². The number of fused-ring (bicyclic) bond motifs is 1. The molecule has 2 aromatic heterocycles. The van der Waals surface area contributed by atoms with Crippen molar-refractivity contribution >= 4 is 5.78 Å². The van der Waals surface area contributed by atoms with Gasteiger partial charge in [-0.25, -0.2) is 4.98 Å². The fourth-order valence-corrected chi connectivity index (χ4v) is 2.10. The predicted molar refractivity (Wildman–Crippen MR) is 62.8 cm³/mol. The molecule has 3 N–H and O–H groups in total. The number of aryl methyl sites for hydroxylation is 1. The molecule has 0 saturated carbocycles. The minimum Gasteiger partial charge on any atom is -0.324 e. The summed E-state index contributed by atoms with van der Waals surface area (Å²) < 4.78 is 1.36. The van der Waals surface area contributed by atoms with E-state index in [0.29, 0.717) is 11.5 Å². The van der Waals surface area contributed by atoms with Crippen LogP contribution in [0.25, 0.3) is 5.78 Å². The van der Waals surface area contributed by atoms with Crippen LogP contribution in [0.3, 0.4) is 0 Å². The Morgan fingerprint density at radius 1 is 1.47 bits per heavy atom. The molecule has 6 heteroatoms. The smallest absolute Gasteiger partial charge is 0.274 e. The average Bonchev–Trinajstić information content (AvgIpc) is 2.83. The molecule has 88 valence electrons. The second kappa shape index (κ2) is 3.53. The van der Waals surface area contributed by atoms with Gasteiger partial charge >= 0.3 is 0 Å². The van der Waals surface area contributed by atoms with Gasteiger partial charge in [-0.05, 0) is 13.3 Å². The summed E-state index contributed by atoms with van der Waals surface area (Å²) >= 11 is 0. The van der Waals surface area contributed by atoms with Crippen molar-refractivity contribution < 1.29 is 0 Å². The maximum Gasteiger partial charge on any atom is 0.274 e. The third-order valence-electron chi connectivity index (χ3n) is 2.94. The number of nitrogens with two attached hydrogens (primary N) is 1. The number of nitrogens with one attached hydrogen (secondary N) is 1.